The summed E-state index contributed by atoms with van der Waals surface area (Å²) in [6.07, 6.45) is 2.09. The van der Waals surface area contributed by atoms with Crippen LogP contribution < -0.4 is 15.0 Å². The second-order valence-corrected chi connectivity index (χ2v) is 9.94. The van der Waals surface area contributed by atoms with Gasteiger partial charge in [0.05, 0.1) is 35.3 Å². The molecular weight excluding hydrogens is 650 g/mol. The maximum Gasteiger partial charge on any atom is 0.347 e. The van der Waals surface area contributed by atoms with Crippen molar-refractivity contribution in [1.29, 1.82) is 0 Å². The summed E-state index contributed by atoms with van der Waals surface area (Å²) >= 11 is 10.5. The number of ether oxygens (including phenoxy) is 3. The van der Waals surface area contributed by atoms with E-state index in [4.69, 9.17) is 14.2 Å². The van der Waals surface area contributed by atoms with E-state index in [1.54, 1.807) is 32.2 Å². The molecule has 1 atom stereocenters. The van der Waals surface area contributed by atoms with Crippen molar-refractivity contribution < 1.29 is 19.0 Å². The van der Waals surface area contributed by atoms with E-state index in [0.717, 1.165) is 10.9 Å². The summed E-state index contributed by atoms with van der Waals surface area (Å²) < 4.78 is 19.6. The van der Waals surface area contributed by atoms with Gasteiger partial charge in [0.2, 0.25) is 0 Å². The smallest absolute Gasteiger partial charge is 0.347 e. The van der Waals surface area contributed by atoms with E-state index in [9.17, 15) is 9.59 Å². The van der Waals surface area contributed by atoms with Gasteiger partial charge in [-0.25, -0.2) is 9.78 Å². The molecule has 0 saturated heterocycles. The third-order valence-corrected chi connectivity index (χ3v) is 7.59. The van der Waals surface area contributed by atoms with E-state index in [1.807, 2.05) is 19.1 Å². The summed E-state index contributed by atoms with van der Waals surface area (Å²) in [5.74, 6) is 0.785. The average molecular weight is 674 g/mol. The highest BCUT2D eigenvalue weighted by atomic mass is 79.9. The molecule has 3 aromatic rings. The van der Waals surface area contributed by atoms with E-state index in [1.165, 1.54) is 11.8 Å². The fraction of sp³-hybridized carbons (Fsp3) is 0.333. The van der Waals surface area contributed by atoms with Crippen LogP contribution in [0, 0.1) is 0 Å². The first-order chi connectivity index (χ1) is 16.7. The van der Waals surface area contributed by atoms with Crippen molar-refractivity contribution in [3.05, 3.63) is 59.4 Å². The number of fused-ring (bicyclic) bond motifs is 1. The highest BCUT2D eigenvalue weighted by molar-refractivity contribution is 9.13. The Morgan fingerprint density at radius 2 is 1.94 bits per heavy atom. The Labute approximate surface area is 228 Å². The number of hydrogen-bond donors (Lipinski definition) is 0. The molecule has 35 heavy (non-hydrogen) atoms. The maximum absolute atomic E-state index is 13.2. The average Bonchev–Trinajstić information content (AvgIpc) is 2.83. The minimum Gasteiger partial charge on any atom is -0.493 e. The quantitative estimate of drug-likeness (QED) is 0.209. The Kier molecular flexibility index (Phi) is 9.48. The van der Waals surface area contributed by atoms with Crippen LogP contribution in [-0.4, -0.2) is 41.7 Å². The molecule has 0 aliphatic carbocycles. The number of hydrogen-bond acceptors (Lipinski definition) is 7. The zero-order chi connectivity index (χ0) is 25.7. The summed E-state index contributed by atoms with van der Waals surface area (Å²) in [7, 11) is 1.49. The first-order valence-electron chi connectivity index (χ1n) is 10.9. The molecule has 0 spiro atoms. The number of aryl methyl sites for hydroxylation is 1. The second-order valence-electron chi connectivity index (χ2n) is 7.44. The van der Waals surface area contributed by atoms with E-state index in [2.05, 4.69) is 57.9 Å². The van der Waals surface area contributed by atoms with Crippen LogP contribution in [0.25, 0.3) is 10.9 Å². The Balaban J connectivity index is 2.06. The van der Waals surface area contributed by atoms with Crippen LogP contribution >= 0.6 is 47.8 Å². The number of carbonyl (C=O) groups is 1. The molecule has 8 nitrogen and oxygen atoms in total. The van der Waals surface area contributed by atoms with Crippen molar-refractivity contribution in [1.82, 2.24) is 9.66 Å². The van der Waals surface area contributed by atoms with Gasteiger partial charge < -0.3 is 14.2 Å². The number of nitrogens with zero attached hydrogens (tertiary/aromatic N) is 3. The topological polar surface area (TPSA) is 92.0 Å². The molecule has 11 heteroatoms. The lowest BCUT2D eigenvalue weighted by atomic mass is 10.2. The Morgan fingerprint density at radius 1 is 1.20 bits per heavy atom. The van der Waals surface area contributed by atoms with Crippen LogP contribution in [0.2, 0.25) is 0 Å². The zero-order valence-electron chi connectivity index (χ0n) is 19.6. The minimum absolute atomic E-state index is 0.254. The molecule has 3 rings (SSSR count). The van der Waals surface area contributed by atoms with Crippen LogP contribution in [0.5, 0.6) is 11.5 Å². The Bertz CT molecular complexity index is 1340. The molecule has 0 N–H and O–H groups in total. The van der Waals surface area contributed by atoms with E-state index < -0.39 is 12.1 Å². The van der Waals surface area contributed by atoms with E-state index in [0.29, 0.717) is 49.2 Å². The van der Waals surface area contributed by atoms with Gasteiger partial charge in [0, 0.05) is 20.9 Å². The molecule has 0 aliphatic rings. The van der Waals surface area contributed by atoms with Gasteiger partial charge in [-0.1, -0.05) is 22.9 Å². The lowest BCUT2D eigenvalue weighted by Gasteiger charge is -2.18. The van der Waals surface area contributed by atoms with Crippen molar-refractivity contribution >= 4 is 70.9 Å². The van der Waals surface area contributed by atoms with Crippen molar-refractivity contribution in [3.8, 4) is 11.5 Å². The van der Waals surface area contributed by atoms with Crippen LogP contribution in [0.4, 0.5) is 0 Å². The molecule has 0 radical (unpaired) electrons. The SMILES string of the molecule is CCCc1nc2ccc(Br)cc2c(=O)n1N=Cc1cc(OC)c(O[C@H](C)C(=O)OCC)c(Br)c1Br. The van der Waals surface area contributed by atoms with Crippen molar-refractivity contribution in [3.63, 3.8) is 0 Å². The third-order valence-electron chi connectivity index (χ3n) is 4.95. The number of benzene rings is 2. The molecule has 2 aromatic carbocycles. The van der Waals surface area contributed by atoms with Gasteiger partial charge in [0.15, 0.2) is 17.6 Å². The number of methoxy groups -OCH3 is 1. The number of esters is 1. The molecule has 0 saturated carbocycles. The molecular formula is C24H24Br3N3O5. The fourth-order valence-electron chi connectivity index (χ4n) is 3.26. The Hall–Kier alpha value is -2.24. The molecule has 0 unspecified atom stereocenters. The van der Waals surface area contributed by atoms with Gasteiger partial charge in [-0.3, -0.25) is 4.79 Å². The highest BCUT2D eigenvalue weighted by Gasteiger charge is 2.23. The summed E-state index contributed by atoms with van der Waals surface area (Å²) in [5, 5.41) is 4.94. The summed E-state index contributed by atoms with van der Waals surface area (Å²) in [6.45, 7) is 5.59. The van der Waals surface area contributed by atoms with Gasteiger partial charge in [-0.15, -0.1) is 0 Å². The van der Waals surface area contributed by atoms with Crippen molar-refractivity contribution in [2.75, 3.05) is 13.7 Å². The van der Waals surface area contributed by atoms with Crippen LogP contribution in [0.15, 0.2) is 47.6 Å². The van der Waals surface area contributed by atoms with Gasteiger partial charge in [0.25, 0.3) is 5.56 Å². The summed E-state index contributed by atoms with van der Waals surface area (Å²) in [4.78, 5) is 29.9. The number of rotatable bonds is 9. The molecule has 1 aromatic heterocycles. The first kappa shape index (κ1) is 27.3. The van der Waals surface area contributed by atoms with Crippen LogP contribution in [0.1, 0.15) is 38.6 Å². The molecule has 0 amide bonds. The number of halogens is 3. The summed E-state index contributed by atoms with van der Waals surface area (Å²) in [5.41, 5.74) is 0.978. The summed E-state index contributed by atoms with van der Waals surface area (Å²) in [6, 6.07) is 7.09. The molecule has 0 aliphatic heterocycles. The number of aromatic nitrogens is 2. The van der Waals surface area contributed by atoms with Crippen LogP contribution in [-0.2, 0) is 16.0 Å². The molecule has 0 bridgehead atoms. The molecule has 0 fully saturated rings. The van der Waals surface area contributed by atoms with Crippen molar-refractivity contribution in [2.24, 2.45) is 5.10 Å². The first-order valence-corrected chi connectivity index (χ1v) is 13.2. The third kappa shape index (κ3) is 6.13. The normalized spacial score (nSPS) is 12.2. The predicted molar refractivity (Wildman–Crippen MR) is 146 cm³/mol. The maximum atomic E-state index is 13.2. The predicted octanol–water partition coefficient (Wildman–Crippen LogP) is 5.86. The Morgan fingerprint density at radius 3 is 2.60 bits per heavy atom. The zero-order valence-corrected chi connectivity index (χ0v) is 24.4. The highest BCUT2D eigenvalue weighted by Crippen LogP contribution is 2.42. The molecule has 186 valence electrons. The van der Waals surface area contributed by atoms with E-state index in [-0.39, 0.29) is 12.2 Å². The van der Waals surface area contributed by atoms with Crippen LogP contribution in [0.3, 0.4) is 0 Å². The minimum atomic E-state index is -0.843. The van der Waals surface area contributed by atoms with Gasteiger partial charge >= 0.3 is 5.97 Å². The van der Waals surface area contributed by atoms with Crippen molar-refractivity contribution in [2.45, 2.75) is 39.7 Å². The van der Waals surface area contributed by atoms with Gasteiger partial charge in [0.1, 0.15) is 5.82 Å². The largest absolute Gasteiger partial charge is 0.493 e. The monoisotopic (exact) mass is 671 g/mol. The van der Waals surface area contributed by atoms with Gasteiger partial charge in [-0.05, 0) is 76.4 Å². The van der Waals surface area contributed by atoms with Gasteiger partial charge in [-0.2, -0.15) is 9.78 Å². The second kappa shape index (κ2) is 12.1. The lowest BCUT2D eigenvalue weighted by molar-refractivity contribution is -0.150. The van der Waals surface area contributed by atoms with E-state index >= 15 is 0 Å². The standard InChI is InChI=1S/C24H24Br3N3O5/c1-5-7-19-29-17-9-8-15(25)11-16(17)23(31)30(19)28-12-14-10-18(33-4)22(21(27)20(14)26)35-13(3)24(32)34-6-2/h8-13H,5-7H2,1-4H3/t13-/m1/s1. The lowest BCUT2D eigenvalue weighted by Crippen LogP contribution is -2.26. The fourth-order valence-corrected chi connectivity index (χ4v) is 4.54. The molecule has 1 heterocycles. The number of carbonyl (C=O) groups excluding carboxylic acids is 1.